The molecule has 0 unspecified atom stereocenters. The standard InChI is InChI=1S/C28H25F4N3O3/c1-3-18(19-7-8-19)15-23(26(36)38-2)25(33)35(27(37)28(30,31)32)22-9-10-24-20(14-22)11-12-34(24)16-17-5-4-6-21(29)13-17/h3-6,9-15,19H,1,7-8,16,33H2,2H3/b18-15+,25-23-. The van der Waals surface area contributed by atoms with Crippen LogP contribution in [0.2, 0.25) is 0 Å². The summed E-state index contributed by atoms with van der Waals surface area (Å²) in [5.74, 6) is -4.28. The van der Waals surface area contributed by atoms with E-state index < -0.39 is 29.4 Å². The molecule has 3 aromatic rings. The number of hydrogen-bond donors (Lipinski definition) is 1. The summed E-state index contributed by atoms with van der Waals surface area (Å²) in [6.45, 7) is 4.02. The van der Waals surface area contributed by atoms with Crippen LogP contribution in [0.5, 0.6) is 0 Å². The van der Waals surface area contributed by atoms with Crippen LogP contribution in [-0.2, 0) is 20.9 Å². The predicted molar refractivity (Wildman–Crippen MR) is 135 cm³/mol. The van der Waals surface area contributed by atoms with Gasteiger partial charge in [-0.1, -0.05) is 24.8 Å². The summed E-state index contributed by atoms with van der Waals surface area (Å²) < 4.78 is 61.3. The van der Waals surface area contributed by atoms with Gasteiger partial charge in [-0.25, -0.2) is 9.18 Å². The molecule has 10 heteroatoms. The summed E-state index contributed by atoms with van der Waals surface area (Å²) >= 11 is 0. The topological polar surface area (TPSA) is 77.6 Å². The third kappa shape index (κ3) is 5.64. The van der Waals surface area contributed by atoms with Crippen molar-refractivity contribution in [2.24, 2.45) is 11.7 Å². The van der Waals surface area contributed by atoms with Gasteiger partial charge in [0.1, 0.15) is 17.2 Å². The average molecular weight is 528 g/mol. The van der Waals surface area contributed by atoms with E-state index in [-0.39, 0.29) is 22.3 Å². The van der Waals surface area contributed by atoms with Crippen LogP contribution in [0.1, 0.15) is 18.4 Å². The molecule has 4 rings (SSSR count). The number of nitrogens with two attached hydrogens (primary N) is 1. The summed E-state index contributed by atoms with van der Waals surface area (Å²) in [6, 6.07) is 11.9. The molecule has 1 amide bonds. The van der Waals surface area contributed by atoms with Crippen LogP contribution < -0.4 is 10.6 Å². The van der Waals surface area contributed by atoms with Crippen molar-refractivity contribution < 1.29 is 31.9 Å². The summed E-state index contributed by atoms with van der Waals surface area (Å²) in [5.41, 5.74) is 7.47. The first kappa shape index (κ1) is 26.7. The number of halogens is 4. The maximum atomic E-state index is 13.7. The molecule has 1 aliphatic rings. The number of carbonyl (C=O) groups is 2. The van der Waals surface area contributed by atoms with Crippen molar-refractivity contribution in [1.29, 1.82) is 0 Å². The van der Waals surface area contributed by atoms with Crippen LogP contribution in [0.3, 0.4) is 0 Å². The monoisotopic (exact) mass is 527 g/mol. The second-order valence-corrected chi connectivity index (χ2v) is 8.87. The molecule has 2 N–H and O–H groups in total. The minimum absolute atomic E-state index is 0.0981. The number of aromatic nitrogens is 1. The number of benzene rings is 2. The number of hydrogen-bond acceptors (Lipinski definition) is 4. The highest BCUT2D eigenvalue weighted by atomic mass is 19.4. The lowest BCUT2D eigenvalue weighted by atomic mass is 10.1. The van der Waals surface area contributed by atoms with Gasteiger partial charge in [-0.05, 0) is 72.4 Å². The fourth-order valence-electron chi connectivity index (χ4n) is 4.18. The van der Waals surface area contributed by atoms with Gasteiger partial charge in [-0.15, -0.1) is 0 Å². The van der Waals surface area contributed by atoms with Gasteiger partial charge in [0.15, 0.2) is 0 Å². The molecule has 0 saturated heterocycles. The van der Waals surface area contributed by atoms with Gasteiger partial charge >= 0.3 is 18.1 Å². The Labute approximate surface area is 216 Å². The zero-order valence-corrected chi connectivity index (χ0v) is 20.5. The molecule has 6 nitrogen and oxygen atoms in total. The molecule has 0 aliphatic heterocycles. The number of rotatable bonds is 8. The van der Waals surface area contributed by atoms with E-state index in [1.165, 1.54) is 42.5 Å². The van der Waals surface area contributed by atoms with Gasteiger partial charge < -0.3 is 15.0 Å². The molecule has 1 fully saturated rings. The first-order valence-electron chi connectivity index (χ1n) is 11.7. The van der Waals surface area contributed by atoms with Crippen LogP contribution in [-0.4, -0.2) is 29.7 Å². The summed E-state index contributed by atoms with van der Waals surface area (Å²) in [7, 11) is 1.07. The Morgan fingerprint density at radius 2 is 1.92 bits per heavy atom. The Morgan fingerprint density at radius 1 is 1.18 bits per heavy atom. The van der Waals surface area contributed by atoms with Gasteiger partial charge in [0.2, 0.25) is 0 Å². The fourth-order valence-corrected chi connectivity index (χ4v) is 4.18. The molecule has 1 aromatic heterocycles. The molecule has 1 saturated carbocycles. The number of alkyl halides is 3. The summed E-state index contributed by atoms with van der Waals surface area (Å²) in [4.78, 5) is 25.4. The maximum absolute atomic E-state index is 13.7. The Morgan fingerprint density at radius 3 is 2.53 bits per heavy atom. The van der Waals surface area contributed by atoms with E-state index in [2.05, 4.69) is 6.58 Å². The molecule has 0 spiro atoms. The number of esters is 1. The number of anilines is 1. The van der Waals surface area contributed by atoms with Gasteiger partial charge in [-0.2, -0.15) is 13.2 Å². The number of fused-ring (bicyclic) bond motifs is 1. The number of methoxy groups -OCH3 is 1. The van der Waals surface area contributed by atoms with Crippen molar-refractivity contribution in [3.63, 3.8) is 0 Å². The molecule has 38 heavy (non-hydrogen) atoms. The molecular formula is C28H25F4N3O3. The first-order chi connectivity index (χ1) is 18.0. The van der Waals surface area contributed by atoms with E-state index in [1.807, 2.05) is 0 Å². The van der Waals surface area contributed by atoms with Crippen LogP contribution in [0.4, 0.5) is 23.2 Å². The number of allylic oxidation sites excluding steroid dienone is 2. The molecule has 0 radical (unpaired) electrons. The van der Waals surface area contributed by atoms with Crippen molar-refractivity contribution in [1.82, 2.24) is 4.57 Å². The molecule has 1 heterocycles. The van der Waals surface area contributed by atoms with Crippen LogP contribution >= 0.6 is 0 Å². The molecule has 1 aliphatic carbocycles. The second kappa shape index (κ2) is 10.6. The maximum Gasteiger partial charge on any atom is 0.472 e. The Hall–Kier alpha value is -4.34. The highest BCUT2D eigenvalue weighted by Gasteiger charge is 2.45. The zero-order chi connectivity index (χ0) is 27.6. The van der Waals surface area contributed by atoms with Crippen molar-refractivity contribution >= 4 is 28.5 Å². The normalized spacial score (nSPS) is 14.7. The minimum Gasteiger partial charge on any atom is -0.465 e. The Balaban J connectivity index is 1.81. The molecule has 0 atom stereocenters. The zero-order valence-electron chi connectivity index (χ0n) is 20.5. The Bertz CT molecular complexity index is 1470. The van der Waals surface area contributed by atoms with Crippen LogP contribution in [0.15, 0.2) is 90.4 Å². The Kier molecular flexibility index (Phi) is 7.43. The first-order valence-corrected chi connectivity index (χ1v) is 11.7. The van der Waals surface area contributed by atoms with Crippen molar-refractivity contribution in [2.75, 3.05) is 12.0 Å². The van der Waals surface area contributed by atoms with Crippen molar-refractivity contribution in [3.05, 3.63) is 102 Å². The highest BCUT2D eigenvalue weighted by molar-refractivity contribution is 6.04. The smallest absolute Gasteiger partial charge is 0.465 e. The van der Waals surface area contributed by atoms with Crippen molar-refractivity contribution in [2.45, 2.75) is 25.6 Å². The van der Waals surface area contributed by atoms with E-state index in [9.17, 15) is 27.2 Å². The van der Waals surface area contributed by atoms with Gasteiger partial charge in [-0.3, -0.25) is 9.69 Å². The fraction of sp³-hybridized carbons (Fsp3) is 0.214. The minimum atomic E-state index is -5.29. The summed E-state index contributed by atoms with van der Waals surface area (Å²) in [5, 5.41) is 0.506. The van der Waals surface area contributed by atoms with E-state index in [1.54, 1.807) is 29.0 Å². The number of carbonyl (C=O) groups excluding carboxylic acids is 2. The number of ether oxygens (including phenoxy) is 1. The second-order valence-electron chi connectivity index (χ2n) is 8.87. The van der Waals surface area contributed by atoms with Gasteiger partial charge in [0.05, 0.1) is 12.8 Å². The third-order valence-corrected chi connectivity index (χ3v) is 6.22. The van der Waals surface area contributed by atoms with Crippen LogP contribution in [0, 0.1) is 11.7 Å². The van der Waals surface area contributed by atoms with Gasteiger partial charge in [0.25, 0.3) is 0 Å². The van der Waals surface area contributed by atoms with E-state index >= 15 is 0 Å². The average Bonchev–Trinajstić information content (AvgIpc) is 3.65. The van der Waals surface area contributed by atoms with E-state index in [0.29, 0.717) is 28.6 Å². The lowest BCUT2D eigenvalue weighted by Gasteiger charge is -2.25. The predicted octanol–water partition coefficient (Wildman–Crippen LogP) is 5.59. The SMILES string of the molecule is C=C/C(=C\C(C(=O)OC)=C(/N)N(C(=O)C(F)(F)F)c1ccc2c(ccn2Cc2cccc(F)c2)c1)C1CC1. The molecular weight excluding hydrogens is 502 g/mol. The van der Waals surface area contributed by atoms with Crippen LogP contribution in [0.25, 0.3) is 10.9 Å². The third-order valence-electron chi connectivity index (χ3n) is 6.22. The number of amides is 1. The van der Waals surface area contributed by atoms with E-state index in [0.717, 1.165) is 20.0 Å². The largest absolute Gasteiger partial charge is 0.472 e. The molecule has 2 aromatic carbocycles. The van der Waals surface area contributed by atoms with E-state index in [4.69, 9.17) is 10.5 Å². The molecule has 0 bridgehead atoms. The highest BCUT2D eigenvalue weighted by Crippen LogP contribution is 2.38. The van der Waals surface area contributed by atoms with Gasteiger partial charge in [0, 0.05) is 23.6 Å². The number of nitrogens with zero attached hydrogens (tertiary/aromatic N) is 2. The quantitative estimate of drug-likeness (QED) is 0.179. The lowest BCUT2D eigenvalue weighted by molar-refractivity contribution is -0.169. The lowest BCUT2D eigenvalue weighted by Crippen LogP contribution is -2.44. The summed E-state index contributed by atoms with van der Waals surface area (Å²) in [6.07, 6.45) is 0.893. The molecule has 198 valence electrons. The van der Waals surface area contributed by atoms with Crippen molar-refractivity contribution in [3.8, 4) is 0 Å².